The maximum atomic E-state index is 12.0. The smallest absolute Gasteiger partial charge is 0.408 e. The summed E-state index contributed by atoms with van der Waals surface area (Å²) < 4.78 is 9.46. The van der Waals surface area contributed by atoms with Gasteiger partial charge in [-0.1, -0.05) is 0 Å². The van der Waals surface area contributed by atoms with E-state index in [4.69, 9.17) is 10.5 Å². The van der Waals surface area contributed by atoms with Crippen molar-refractivity contribution < 1.29 is 28.7 Å². The monoisotopic (exact) mass is 353 g/mol. The van der Waals surface area contributed by atoms with E-state index >= 15 is 0 Å². The molecule has 134 valence electrons. The van der Waals surface area contributed by atoms with Crippen LogP contribution in [0, 0.1) is 0 Å². The average Bonchev–Trinajstić information content (AvgIpc) is 2.33. The van der Waals surface area contributed by atoms with Crippen molar-refractivity contribution in [3.63, 3.8) is 0 Å². The quantitative estimate of drug-likeness (QED) is 0.568. The van der Waals surface area contributed by atoms with Crippen molar-refractivity contribution in [1.29, 1.82) is 0 Å². The van der Waals surface area contributed by atoms with Crippen LogP contribution in [0.3, 0.4) is 0 Å². The number of primary amides is 1. The van der Waals surface area contributed by atoms with Gasteiger partial charge in [-0.2, -0.15) is 0 Å². The second kappa shape index (κ2) is 9.88. The van der Waals surface area contributed by atoms with E-state index in [1.165, 1.54) is 14.0 Å². The minimum atomic E-state index is -1.25. The Morgan fingerprint density at radius 3 is 2.04 bits per heavy atom. The first-order valence-corrected chi connectivity index (χ1v) is 6.62. The van der Waals surface area contributed by atoms with Gasteiger partial charge in [0.2, 0.25) is 11.8 Å². The Balaban J connectivity index is 0. The van der Waals surface area contributed by atoms with E-state index in [9.17, 15) is 19.2 Å². The van der Waals surface area contributed by atoms with E-state index in [0.717, 1.165) is 0 Å². The molecule has 0 aromatic heterocycles. The highest BCUT2D eigenvalue weighted by atomic mass is 35.5. The lowest BCUT2D eigenvalue weighted by molar-refractivity contribution is -0.144. The second-order valence-corrected chi connectivity index (χ2v) is 5.62. The van der Waals surface area contributed by atoms with Gasteiger partial charge >= 0.3 is 12.1 Å². The first kappa shape index (κ1) is 23.2. The number of rotatable bonds is 6. The molecule has 10 heteroatoms. The van der Waals surface area contributed by atoms with Gasteiger partial charge in [0.05, 0.1) is 13.5 Å². The van der Waals surface area contributed by atoms with Crippen LogP contribution in [0.1, 0.15) is 34.1 Å². The summed E-state index contributed by atoms with van der Waals surface area (Å²) in [4.78, 5) is 46.0. The average molecular weight is 354 g/mol. The first-order valence-electron chi connectivity index (χ1n) is 6.62. The van der Waals surface area contributed by atoms with Gasteiger partial charge < -0.3 is 25.8 Å². The molecule has 0 saturated heterocycles. The first-order chi connectivity index (χ1) is 9.96. The lowest BCUT2D eigenvalue weighted by Gasteiger charge is -2.23. The summed E-state index contributed by atoms with van der Waals surface area (Å²) in [5.74, 6) is -2.20. The summed E-state index contributed by atoms with van der Waals surface area (Å²) in [7, 11) is 1.17. The van der Waals surface area contributed by atoms with Crippen molar-refractivity contribution in [1.82, 2.24) is 10.6 Å². The zero-order chi connectivity index (χ0) is 17.5. The molecular formula is C13H24ClN3O6. The van der Waals surface area contributed by atoms with Gasteiger partial charge in [-0.15, -0.1) is 12.4 Å². The third-order valence-electron chi connectivity index (χ3n) is 2.33. The third-order valence-corrected chi connectivity index (χ3v) is 2.33. The van der Waals surface area contributed by atoms with Gasteiger partial charge in [0.1, 0.15) is 17.7 Å². The molecule has 0 unspecified atom stereocenters. The van der Waals surface area contributed by atoms with Crippen molar-refractivity contribution in [3.05, 3.63) is 0 Å². The minimum Gasteiger partial charge on any atom is -0.467 e. The highest BCUT2D eigenvalue weighted by Crippen LogP contribution is 2.07. The van der Waals surface area contributed by atoms with E-state index < -0.39 is 48.0 Å². The van der Waals surface area contributed by atoms with E-state index in [1.54, 1.807) is 20.8 Å². The molecule has 0 rings (SSSR count). The predicted molar refractivity (Wildman–Crippen MR) is 83.8 cm³/mol. The van der Waals surface area contributed by atoms with Crippen molar-refractivity contribution in [3.8, 4) is 0 Å². The van der Waals surface area contributed by atoms with Crippen LogP contribution in [0.15, 0.2) is 0 Å². The summed E-state index contributed by atoms with van der Waals surface area (Å²) >= 11 is 0. The molecule has 0 aliphatic carbocycles. The summed E-state index contributed by atoms with van der Waals surface area (Å²) in [6.45, 7) is 6.34. The molecule has 0 saturated carbocycles. The fourth-order valence-corrected chi connectivity index (χ4v) is 1.41. The van der Waals surface area contributed by atoms with Crippen molar-refractivity contribution in [2.24, 2.45) is 5.73 Å². The largest absolute Gasteiger partial charge is 0.467 e. The van der Waals surface area contributed by atoms with Gasteiger partial charge in [0, 0.05) is 0 Å². The number of amides is 3. The van der Waals surface area contributed by atoms with E-state index in [1.807, 2.05) is 0 Å². The number of nitrogens with one attached hydrogen (secondary N) is 2. The number of alkyl carbamates (subject to hydrolysis) is 1. The van der Waals surface area contributed by atoms with Gasteiger partial charge in [0.25, 0.3) is 0 Å². The minimum absolute atomic E-state index is 0. The highest BCUT2D eigenvalue weighted by Gasteiger charge is 2.28. The SMILES string of the molecule is COC(=O)[C@H](C)NC(=O)[C@@H](CC(N)=O)NC(=O)OC(C)(C)C.Cl. The van der Waals surface area contributed by atoms with Crippen LogP contribution >= 0.6 is 12.4 Å². The number of carbonyl (C=O) groups is 4. The molecule has 0 aromatic carbocycles. The molecule has 3 amide bonds. The Labute approximate surface area is 141 Å². The normalized spacial score (nSPS) is 12.9. The molecule has 0 heterocycles. The fraction of sp³-hybridized carbons (Fsp3) is 0.692. The van der Waals surface area contributed by atoms with E-state index in [2.05, 4.69) is 15.4 Å². The molecule has 0 spiro atoms. The molecule has 0 radical (unpaired) electrons. The number of methoxy groups -OCH3 is 1. The van der Waals surface area contributed by atoms with Crippen LogP contribution in [0.4, 0.5) is 4.79 Å². The zero-order valence-corrected chi connectivity index (χ0v) is 14.6. The molecule has 0 bridgehead atoms. The molecule has 9 nitrogen and oxygen atoms in total. The van der Waals surface area contributed by atoms with Crippen LogP contribution in [-0.4, -0.2) is 48.7 Å². The summed E-state index contributed by atoms with van der Waals surface area (Å²) in [6, 6.07) is -2.19. The Morgan fingerprint density at radius 1 is 1.13 bits per heavy atom. The highest BCUT2D eigenvalue weighted by molar-refractivity contribution is 5.92. The number of halogens is 1. The zero-order valence-electron chi connectivity index (χ0n) is 13.8. The summed E-state index contributed by atoms with van der Waals surface area (Å²) in [5.41, 5.74) is 4.28. The van der Waals surface area contributed by atoms with Gasteiger partial charge in [-0.05, 0) is 27.7 Å². The predicted octanol–water partition coefficient (Wildman–Crippen LogP) is -0.145. The van der Waals surface area contributed by atoms with Gasteiger partial charge in [-0.3, -0.25) is 9.59 Å². The lowest BCUT2D eigenvalue weighted by Crippen LogP contribution is -2.52. The number of carbonyl (C=O) groups excluding carboxylic acids is 4. The second-order valence-electron chi connectivity index (χ2n) is 5.62. The maximum absolute atomic E-state index is 12.0. The van der Waals surface area contributed by atoms with Gasteiger partial charge in [-0.25, -0.2) is 9.59 Å². The van der Waals surface area contributed by atoms with Crippen LogP contribution in [0.5, 0.6) is 0 Å². The van der Waals surface area contributed by atoms with E-state index in [-0.39, 0.29) is 12.4 Å². The van der Waals surface area contributed by atoms with Gasteiger partial charge in [0.15, 0.2) is 0 Å². The number of nitrogens with two attached hydrogens (primary N) is 1. The van der Waals surface area contributed by atoms with Crippen LogP contribution < -0.4 is 16.4 Å². The molecule has 2 atom stereocenters. The summed E-state index contributed by atoms with van der Waals surface area (Å²) in [5, 5.41) is 4.55. The standard InChI is InChI=1S/C13H23N3O6.ClH/c1-7(11(19)21-5)15-10(18)8(6-9(14)17)16-12(20)22-13(2,3)4;/h7-8H,6H2,1-5H3,(H2,14,17)(H,15,18)(H,16,20);1H/t7-,8+;/m0./s1. The number of hydrogen-bond acceptors (Lipinski definition) is 6. The van der Waals surface area contributed by atoms with E-state index in [0.29, 0.717) is 0 Å². The van der Waals surface area contributed by atoms with Crippen molar-refractivity contribution in [2.45, 2.75) is 51.8 Å². The Morgan fingerprint density at radius 2 is 1.65 bits per heavy atom. The fourth-order valence-electron chi connectivity index (χ4n) is 1.41. The molecule has 0 aromatic rings. The lowest BCUT2D eigenvalue weighted by atomic mass is 10.1. The molecular weight excluding hydrogens is 330 g/mol. The molecule has 0 aliphatic rings. The maximum Gasteiger partial charge on any atom is 0.408 e. The van der Waals surface area contributed by atoms with Crippen LogP contribution in [0.2, 0.25) is 0 Å². The topological polar surface area (TPSA) is 137 Å². The Kier molecular flexibility index (Phi) is 9.98. The number of esters is 1. The van der Waals surface area contributed by atoms with Crippen molar-refractivity contribution >= 4 is 36.3 Å². The van der Waals surface area contributed by atoms with Crippen molar-refractivity contribution in [2.75, 3.05) is 7.11 Å². The van der Waals surface area contributed by atoms with Crippen LogP contribution in [-0.2, 0) is 23.9 Å². The molecule has 23 heavy (non-hydrogen) atoms. The molecule has 4 N–H and O–H groups in total. The van der Waals surface area contributed by atoms with Crippen LogP contribution in [0.25, 0.3) is 0 Å². The summed E-state index contributed by atoms with van der Waals surface area (Å²) in [6.07, 6.45) is -1.31. The third kappa shape index (κ3) is 10.3. The Hall–Kier alpha value is -2.03. The number of hydrogen-bond donors (Lipinski definition) is 3. The number of ether oxygens (including phenoxy) is 2. The Bertz CT molecular complexity index is 449. The molecule has 0 fully saturated rings. The molecule has 0 aliphatic heterocycles.